The summed E-state index contributed by atoms with van der Waals surface area (Å²) in [6.07, 6.45) is 0. The molecule has 1 N–H and O–H groups in total. The molecule has 0 bridgehead atoms. The van der Waals surface area contributed by atoms with Gasteiger partial charge in [-0.15, -0.1) is 11.3 Å². The van der Waals surface area contributed by atoms with E-state index in [9.17, 15) is 13.4 Å². The Kier molecular flexibility index (Phi) is 4.34. The maximum atomic E-state index is 13.2. The zero-order chi connectivity index (χ0) is 14.0. The van der Waals surface area contributed by atoms with Crippen molar-refractivity contribution in [3.8, 4) is 0 Å². The fraction of sp³-hybridized carbons (Fsp3) is 0.0833. The second-order valence-electron chi connectivity index (χ2n) is 3.64. The molecule has 0 aliphatic heterocycles. The average Bonchev–Trinajstić information content (AvgIpc) is 2.74. The van der Waals surface area contributed by atoms with Crippen LogP contribution < -0.4 is 0 Å². The highest BCUT2D eigenvalue weighted by molar-refractivity contribution is 7.84. The molecule has 1 aromatic heterocycles. The molecule has 7 heteroatoms. The lowest BCUT2D eigenvalue weighted by atomic mass is 10.2. The van der Waals surface area contributed by atoms with Gasteiger partial charge in [0.25, 0.3) is 0 Å². The fourth-order valence-corrected chi connectivity index (χ4v) is 3.88. The summed E-state index contributed by atoms with van der Waals surface area (Å²) < 4.78 is 25.9. The summed E-state index contributed by atoms with van der Waals surface area (Å²) in [6.45, 7) is 0. The predicted octanol–water partition coefficient (Wildman–Crippen LogP) is 3.55. The summed E-state index contributed by atoms with van der Waals surface area (Å²) in [4.78, 5) is 11.9. The van der Waals surface area contributed by atoms with E-state index in [0.29, 0.717) is 4.34 Å². The van der Waals surface area contributed by atoms with E-state index in [1.165, 1.54) is 17.4 Å². The number of benzene rings is 1. The molecule has 0 aliphatic carbocycles. The van der Waals surface area contributed by atoms with Crippen molar-refractivity contribution in [1.82, 2.24) is 0 Å². The van der Waals surface area contributed by atoms with Gasteiger partial charge in [-0.2, -0.15) is 0 Å². The van der Waals surface area contributed by atoms with Crippen LogP contribution in [0.5, 0.6) is 0 Å². The Balaban J connectivity index is 2.24. The molecule has 1 aromatic carbocycles. The number of hydrogen-bond donors (Lipinski definition) is 1. The van der Waals surface area contributed by atoms with Gasteiger partial charge in [-0.1, -0.05) is 11.6 Å². The molecule has 2 rings (SSSR count). The standard InChI is InChI=1S/C12H8ClFO3S2/c13-11-4-1-7(18-11)6-19(17)8-2-3-10(14)9(5-8)12(15)16/h1-5H,6H2,(H,15,16). The molecule has 0 amide bonds. The minimum atomic E-state index is -1.43. The van der Waals surface area contributed by atoms with Crippen LogP contribution in [0, 0.1) is 5.82 Å². The Bertz CT molecular complexity index is 654. The van der Waals surface area contributed by atoms with E-state index in [2.05, 4.69) is 0 Å². The van der Waals surface area contributed by atoms with E-state index in [1.807, 2.05) is 0 Å². The van der Waals surface area contributed by atoms with Gasteiger partial charge in [0.05, 0.1) is 26.5 Å². The second kappa shape index (κ2) is 5.81. The van der Waals surface area contributed by atoms with Crippen LogP contribution in [0.1, 0.15) is 15.2 Å². The van der Waals surface area contributed by atoms with Crippen LogP contribution in [0.25, 0.3) is 0 Å². The lowest BCUT2D eigenvalue weighted by Crippen LogP contribution is -2.03. The number of halogens is 2. The maximum absolute atomic E-state index is 13.2. The Morgan fingerprint density at radius 3 is 2.68 bits per heavy atom. The fourth-order valence-electron chi connectivity index (χ4n) is 1.45. The van der Waals surface area contributed by atoms with Gasteiger partial charge in [-0.05, 0) is 30.3 Å². The Labute approximate surface area is 120 Å². The zero-order valence-corrected chi connectivity index (χ0v) is 11.8. The van der Waals surface area contributed by atoms with Crippen LogP contribution in [0.3, 0.4) is 0 Å². The van der Waals surface area contributed by atoms with Crippen molar-refractivity contribution in [1.29, 1.82) is 0 Å². The highest BCUT2D eigenvalue weighted by Gasteiger charge is 2.14. The van der Waals surface area contributed by atoms with Crippen LogP contribution in [0.4, 0.5) is 4.39 Å². The van der Waals surface area contributed by atoms with Crippen LogP contribution in [0.15, 0.2) is 35.2 Å². The zero-order valence-electron chi connectivity index (χ0n) is 9.43. The van der Waals surface area contributed by atoms with E-state index in [0.717, 1.165) is 17.0 Å². The van der Waals surface area contributed by atoms with Crippen molar-refractivity contribution in [3.63, 3.8) is 0 Å². The number of aromatic carboxylic acids is 1. The summed E-state index contributed by atoms with van der Waals surface area (Å²) in [5.41, 5.74) is -0.477. The molecule has 0 fully saturated rings. The number of hydrogen-bond acceptors (Lipinski definition) is 3. The van der Waals surface area contributed by atoms with Crippen LogP contribution in [-0.4, -0.2) is 15.3 Å². The lowest BCUT2D eigenvalue weighted by molar-refractivity contribution is 0.0691. The van der Waals surface area contributed by atoms with Crippen LogP contribution in [-0.2, 0) is 16.6 Å². The Morgan fingerprint density at radius 2 is 2.11 bits per heavy atom. The first kappa shape index (κ1) is 14.2. The summed E-state index contributed by atoms with van der Waals surface area (Å²) >= 11 is 7.08. The van der Waals surface area contributed by atoms with Crippen molar-refractivity contribution < 1.29 is 18.5 Å². The van der Waals surface area contributed by atoms with Crippen LogP contribution >= 0.6 is 22.9 Å². The van der Waals surface area contributed by atoms with Gasteiger partial charge in [-0.25, -0.2) is 9.18 Å². The molecule has 0 radical (unpaired) electrons. The third-order valence-electron chi connectivity index (χ3n) is 2.33. The highest BCUT2D eigenvalue weighted by atomic mass is 35.5. The molecule has 0 saturated heterocycles. The molecular formula is C12H8ClFO3S2. The molecular weight excluding hydrogens is 311 g/mol. The first-order valence-electron chi connectivity index (χ1n) is 5.13. The first-order chi connectivity index (χ1) is 8.97. The molecule has 1 heterocycles. The third-order valence-corrected chi connectivity index (χ3v) is 5.10. The van der Waals surface area contributed by atoms with E-state index in [-0.39, 0.29) is 10.6 Å². The minimum absolute atomic E-state index is 0.224. The van der Waals surface area contributed by atoms with E-state index in [1.54, 1.807) is 12.1 Å². The second-order valence-corrected chi connectivity index (χ2v) is 6.89. The van der Waals surface area contributed by atoms with Crippen molar-refractivity contribution >= 4 is 39.7 Å². The number of rotatable bonds is 4. The minimum Gasteiger partial charge on any atom is -0.478 e. The van der Waals surface area contributed by atoms with Gasteiger partial charge in [0.15, 0.2) is 0 Å². The molecule has 3 nitrogen and oxygen atoms in total. The lowest BCUT2D eigenvalue weighted by Gasteiger charge is -2.03. The smallest absolute Gasteiger partial charge is 0.338 e. The maximum Gasteiger partial charge on any atom is 0.338 e. The Morgan fingerprint density at radius 1 is 1.37 bits per heavy atom. The van der Waals surface area contributed by atoms with Crippen LogP contribution in [0.2, 0.25) is 4.34 Å². The normalized spacial score (nSPS) is 12.3. The molecule has 0 saturated carbocycles. The van der Waals surface area contributed by atoms with E-state index in [4.69, 9.17) is 16.7 Å². The molecule has 100 valence electrons. The number of carboxylic acids is 1. The van der Waals surface area contributed by atoms with Gasteiger partial charge in [0.1, 0.15) is 5.82 Å². The van der Waals surface area contributed by atoms with E-state index < -0.39 is 28.1 Å². The van der Waals surface area contributed by atoms with Crippen molar-refractivity contribution in [2.45, 2.75) is 10.6 Å². The topological polar surface area (TPSA) is 54.4 Å². The largest absolute Gasteiger partial charge is 0.478 e. The first-order valence-corrected chi connectivity index (χ1v) is 7.64. The molecule has 2 aromatic rings. The predicted molar refractivity (Wildman–Crippen MR) is 72.8 cm³/mol. The SMILES string of the molecule is O=C(O)c1cc(S(=O)Cc2ccc(Cl)s2)ccc1F. The molecule has 0 spiro atoms. The van der Waals surface area contributed by atoms with E-state index >= 15 is 0 Å². The van der Waals surface area contributed by atoms with Gasteiger partial charge >= 0.3 is 5.97 Å². The summed E-state index contributed by atoms with van der Waals surface area (Å²) in [5, 5.41) is 8.81. The summed E-state index contributed by atoms with van der Waals surface area (Å²) in [5.74, 6) is -2.00. The average molecular weight is 319 g/mol. The molecule has 0 aliphatic rings. The summed E-state index contributed by atoms with van der Waals surface area (Å²) in [6, 6.07) is 6.90. The van der Waals surface area contributed by atoms with Crippen molar-refractivity contribution in [2.24, 2.45) is 0 Å². The van der Waals surface area contributed by atoms with Gasteiger partial charge in [0, 0.05) is 9.77 Å². The number of thiophene rings is 1. The quantitative estimate of drug-likeness (QED) is 0.938. The number of carboxylic acid groups (broad SMARTS) is 1. The molecule has 1 unspecified atom stereocenters. The van der Waals surface area contributed by atoms with Gasteiger partial charge in [0.2, 0.25) is 0 Å². The Hall–Kier alpha value is -1.24. The monoisotopic (exact) mass is 318 g/mol. The third kappa shape index (κ3) is 3.40. The van der Waals surface area contributed by atoms with Crippen molar-refractivity contribution in [2.75, 3.05) is 0 Å². The van der Waals surface area contributed by atoms with Gasteiger partial charge in [-0.3, -0.25) is 4.21 Å². The molecule has 19 heavy (non-hydrogen) atoms. The van der Waals surface area contributed by atoms with Crippen molar-refractivity contribution in [3.05, 3.63) is 50.9 Å². The van der Waals surface area contributed by atoms with Gasteiger partial charge < -0.3 is 5.11 Å². The molecule has 1 atom stereocenters. The number of carbonyl (C=O) groups is 1. The summed E-state index contributed by atoms with van der Waals surface area (Å²) in [7, 11) is -1.43. The highest BCUT2D eigenvalue weighted by Crippen LogP contribution is 2.24.